The Kier molecular flexibility index (Phi) is 7.10. The second-order valence-electron chi connectivity index (χ2n) is 7.15. The third-order valence-corrected chi connectivity index (χ3v) is 5.97. The number of aryl methyl sites for hydroxylation is 1. The van der Waals surface area contributed by atoms with Crippen LogP contribution in [0.2, 0.25) is 0 Å². The summed E-state index contributed by atoms with van der Waals surface area (Å²) < 4.78 is 25.3. The molecule has 1 aromatic heterocycles. The molecule has 2 N–H and O–H groups in total. The maximum absolute atomic E-state index is 11.6. The topological polar surface area (TPSA) is 88.4 Å². The van der Waals surface area contributed by atoms with Crippen LogP contribution in [-0.2, 0) is 22.8 Å². The Labute approximate surface area is 178 Å². The molecule has 1 heterocycles. The minimum absolute atomic E-state index is 0.340. The molecular weight excluding hydrogens is 398 g/mol. The van der Waals surface area contributed by atoms with Gasteiger partial charge in [-0.05, 0) is 50.1 Å². The normalized spacial score (nSPS) is 12.3. The van der Waals surface area contributed by atoms with Gasteiger partial charge >= 0.3 is 0 Å². The first kappa shape index (κ1) is 21.8. The third kappa shape index (κ3) is 5.60. The molecule has 0 atom stereocenters. The van der Waals surface area contributed by atoms with E-state index in [2.05, 4.69) is 31.2 Å². The fourth-order valence-corrected chi connectivity index (χ4v) is 3.94. The number of sulfone groups is 1. The summed E-state index contributed by atoms with van der Waals surface area (Å²) in [5.74, 6) is 1.77. The number of aliphatic imine (C=N–C) groups is 1. The molecule has 0 saturated heterocycles. The first-order chi connectivity index (χ1) is 14.4. The lowest BCUT2D eigenvalue weighted by Crippen LogP contribution is -2.39. The van der Waals surface area contributed by atoms with E-state index in [4.69, 9.17) is 0 Å². The molecule has 7 nitrogen and oxygen atoms in total. The summed E-state index contributed by atoms with van der Waals surface area (Å²) >= 11 is 0. The molecule has 0 bridgehead atoms. The van der Waals surface area contributed by atoms with E-state index >= 15 is 0 Å². The molecule has 0 radical (unpaired) electrons. The number of aromatic nitrogens is 2. The third-order valence-electron chi connectivity index (χ3n) is 4.84. The minimum atomic E-state index is -3.16. The lowest BCUT2D eigenvalue weighted by atomic mass is 10.1. The lowest BCUT2D eigenvalue weighted by molar-refractivity contribution is 0.602. The van der Waals surface area contributed by atoms with Gasteiger partial charge in [0.1, 0.15) is 5.82 Å². The number of fused-ring (bicyclic) bond motifs is 1. The van der Waals surface area contributed by atoms with Crippen molar-refractivity contribution in [1.29, 1.82) is 0 Å². The van der Waals surface area contributed by atoms with Crippen LogP contribution in [0.4, 0.5) is 0 Å². The van der Waals surface area contributed by atoms with E-state index in [1.165, 1.54) is 6.26 Å². The van der Waals surface area contributed by atoms with Crippen molar-refractivity contribution in [3.63, 3.8) is 0 Å². The van der Waals surface area contributed by atoms with Gasteiger partial charge in [0, 0.05) is 32.4 Å². The van der Waals surface area contributed by atoms with Gasteiger partial charge in [-0.15, -0.1) is 0 Å². The van der Waals surface area contributed by atoms with Crippen LogP contribution in [0.5, 0.6) is 0 Å². The SMILES string of the molecule is CCNC(=NCCc1ccc(S(C)(=O)=O)cc1)NCCn1c(C)nc2ccccc21. The average molecular weight is 428 g/mol. The van der Waals surface area contributed by atoms with Crippen LogP contribution in [0.1, 0.15) is 18.3 Å². The standard InChI is InChI=1S/C22H29N5O2S/c1-4-23-22(24-14-13-18-9-11-19(12-10-18)30(3,28)29)25-15-16-27-17(2)26-20-7-5-6-8-21(20)27/h5-12H,4,13-16H2,1-3H3,(H2,23,24,25). The average Bonchev–Trinajstić information content (AvgIpc) is 3.03. The van der Waals surface area contributed by atoms with Crippen LogP contribution < -0.4 is 10.6 Å². The van der Waals surface area contributed by atoms with Gasteiger partial charge in [-0.1, -0.05) is 24.3 Å². The van der Waals surface area contributed by atoms with Gasteiger partial charge in [-0.25, -0.2) is 13.4 Å². The van der Waals surface area contributed by atoms with Crippen molar-refractivity contribution in [3.05, 3.63) is 59.9 Å². The van der Waals surface area contributed by atoms with Crippen molar-refractivity contribution in [2.45, 2.75) is 31.7 Å². The minimum Gasteiger partial charge on any atom is -0.357 e. The van der Waals surface area contributed by atoms with Gasteiger partial charge in [0.25, 0.3) is 0 Å². The molecule has 0 aliphatic carbocycles. The van der Waals surface area contributed by atoms with E-state index in [0.717, 1.165) is 54.4 Å². The lowest BCUT2D eigenvalue weighted by Gasteiger charge is -2.13. The zero-order valence-corrected chi connectivity index (χ0v) is 18.5. The van der Waals surface area contributed by atoms with Gasteiger partial charge in [-0.3, -0.25) is 4.99 Å². The van der Waals surface area contributed by atoms with Crippen LogP contribution in [0.25, 0.3) is 11.0 Å². The Hall–Kier alpha value is -2.87. The molecule has 2 aromatic carbocycles. The Bertz CT molecular complexity index is 1120. The van der Waals surface area contributed by atoms with Crippen molar-refractivity contribution in [1.82, 2.24) is 20.2 Å². The van der Waals surface area contributed by atoms with Gasteiger partial charge in [0.2, 0.25) is 0 Å². The summed E-state index contributed by atoms with van der Waals surface area (Å²) in [4.78, 5) is 9.58. The predicted molar refractivity (Wildman–Crippen MR) is 122 cm³/mol. The van der Waals surface area contributed by atoms with E-state index in [1.54, 1.807) is 12.1 Å². The van der Waals surface area contributed by atoms with Crippen molar-refractivity contribution < 1.29 is 8.42 Å². The quantitative estimate of drug-likeness (QED) is 0.426. The molecule has 30 heavy (non-hydrogen) atoms. The van der Waals surface area contributed by atoms with Crippen molar-refractivity contribution in [2.75, 3.05) is 25.9 Å². The van der Waals surface area contributed by atoms with E-state index in [1.807, 2.05) is 44.2 Å². The van der Waals surface area contributed by atoms with Gasteiger partial charge in [-0.2, -0.15) is 0 Å². The second-order valence-corrected chi connectivity index (χ2v) is 9.17. The summed E-state index contributed by atoms with van der Waals surface area (Å²) in [7, 11) is -3.16. The fraction of sp³-hybridized carbons (Fsp3) is 0.364. The Morgan fingerprint density at radius 2 is 1.83 bits per heavy atom. The van der Waals surface area contributed by atoms with Gasteiger partial charge in [0.15, 0.2) is 15.8 Å². The van der Waals surface area contributed by atoms with Crippen molar-refractivity contribution >= 4 is 26.8 Å². The number of guanidine groups is 1. The number of hydrogen-bond donors (Lipinski definition) is 2. The van der Waals surface area contributed by atoms with Crippen LogP contribution in [0.15, 0.2) is 58.4 Å². The summed E-state index contributed by atoms with van der Waals surface area (Å²) in [5, 5.41) is 6.64. The van der Waals surface area contributed by atoms with Crippen LogP contribution in [0.3, 0.4) is 0 Å². The molecular formula is C22H29N5O2S. The highest BCUT2D eigenvalue weighted by Crippen LogP contribution is 2.15. The molecule has 0 spiro atoms. The predicted octanol–water partition coefficient (Wildman–Crippen LogP) is 2.55. The highest BCUT2D eigenvalue weighted by Gasteiger charge is 2.07. The Morgan fingerprint density at radius 3 is 2.53 bits per heavy atom. The van der Waals surface area contributed by atoms with Crippen molar-refractivity contribution in [3.8, 4) is 0 Å². The van der Waals surface area contributed by atoms with Gasteiger partial charge in [0.05, 0.1) is 15.9 Å². The maximum Gasteiger partial charge on any atom is 0.191 e. The van der Waals surface area contributed by atoms with Crippen molar-refractivity contribution in [2.24, 2.45) is 4.99 Å². The zero-order chi connectivity index (χ0) is 21.6. The molecule has 0 aliphatic rings. The Balaban J connectivity index is 1.56. The summed E-state index contributed by atoms with van der Waals surface area (Å²) in [5.41, 5.74) is 3.20. The monoisotopic (exact) mass is 427 g/mol. The molecule has 0 aliphatic heterocycles. The van der Waals surface area contributed by atoms with E-state index in [-0.39, 0.29) is 0 Å². The smallest absolute Gasteiger partial charge is 0.191 e. The number of hydrogen-bond acceptors (Lipinski definition) is 4. The van der Waals surface area contributed by atoms with E-state index in [0.29, 0.717) is 11.4 Å². The Morgan fingerprint density at radius 1 is 1.10 bits per heavy atom. The summed E-state index contributed by atoms with van der Waals surface area (Å²) in [6, 6.07) is 15.1. The van der Waals surface area contributed by atoms with Crippen LogP contribution in [-0.4, -0.2) is 49.8 Å². The molecule has 8 heteroatoms. The zero-order valence-electron chi connectivity index (χ0n) is 17.7. The number of rotatable bonds is 8. The maximum atomic E-state index is 11.6. The highest BCUT2D eigenvalue weighted by atomic mass is 32.2. The summed E-state index contributed by atoms with van der Waals surface area (Å²) in [6.45, 7) is 6.98. The molecule has 0 saturated carbocycles. The van der Waals surface area contributed by atoms with E-state index in [9.17, 15) is 8.42 Å². The van der Waals surface area contributed by atoms with Crippen LogP contribution >= 0.6 is 0 Å². The second kappa shape index (κ2) is 9.75. The number of para-hydroxylation sites is 2. The molecule has 3 aromatic rings. The van der Waals surface area contributed by atoms with Crippen LogP contribution in [0, 0.1) is 6.92 Å². The molecule has 0 amide bonds. The molecule has 3 rings (SSSR count). The molecule has 0 fully saturated rings. The fourth-order valence-electron chi connectivity index (χ4n) is 3.31. The number of imidazole rings is 1. The number of nitrogens with zero attached hydrogens (tertiary/aromatic N) is 3. The van der Waals surface area contributed by atoms with E-state index < -0.39 is 9.84 Å². The summed E-state index contributed by atoms with van der Waals surface area (Å²) in [6.07, 6.45) is 1.96. The molecule has 0 unspecified atom stereocenters. The highest BCUT2D eigenvalue weighted by molar-refractivity contribution is 7.90. The van der Waals surface area contributed by atoms with Gasteiger partial charge < -0.3 is 15.2 Å². The first-order valence-electron chi connectivity index (χ1n) is 10.1. The molecule has 160 valence electrons. The first-order valence-corrected chi connectivity index (χ1v) is 12.0. The number of benzene rings is 2. The largest absolute Gasteiger partial charge is 0.357 e. The number of nitrogens with one attached hydrogen (secondary N) is 2.